The largest absolute Gasteiger partial charge is 0.357 e. The van der Waals surface area contributed by atoms with E-state index in [9.17, 15) is 9.59 Å². The van der Waals surface area contributed by atoms with E-state index in [2.05, 4.69) is 20.9 Å². The van der Waals surface area contributed by atoms with E-state index in [4.69, 9.17) is 0 Å². The SMILES string of the molecule is CCCNC(=O)c1cccc(CN=C(NCC)NC2CCN(C(=O)CC)C2)c1. The first-order valence-corrected chi connectivity index (χ1v) is 10.3. The van der Waals surface area contributed by atoms with Crippen molar-refractivity contribution < 1.29 is 9.59 Å². The molecule has 0 spiro atoms. The monoisotopic (exact) mass is 387 g/mol. The lowest BCUT2D eigenvalue weighted by molar-refractivity contribution is -0.129. The maximum Gasteiger partial charge on any atom is 0.251 e. The third kappa shape index (κ3) is 6.55. The molecule has 0 aromatic heterocycles. The molecule has 3 N–H and O–H groups in total. The second kappa shape index (κ2) is 11.3. The summed E-state index contributed by atoms with van der Waals surface area (Å²) in [6.07, 6.45) is 2.38. The van der Waals surface area contributed by atoms with Gasteiger partial charge in [-0.2, -0.15) is 0 Å². The van der Waals surface area contributed by atoms with Gasteiger partial charge in [0.25, 0.3) is 5.91 Å². The van der Waals surface area contributed by atoms with Crippen LogP contribution >= 0.6 is 0 Å². The van der Waals surface area contributed by atoms with E-state index >= 15 is 0 Å². The van der Waals surface area contributed by atoms with Crippen LogP contribution in [0.2, 0.25) is 0 Å². The lowest BCUT2D eigenvalue weighted by Crippen LogP contribution is -2.45. The molecule has 28 heavy (non-hydrogen) atoms. The molecular weight excluding hydrogens is 354 g/mol. The highest BCUT2D eigenvalue weighted by Crippen LogP contribution is 2.11. The van der Waals surface area contributed by atoms with Crippen LogP contribution in [0.1, 0.15) is 56.0 Å². The molecule has 0 radical (unpaired) electrons. The van der Waals surface area contributed by atoms with E-state index in [0.29, 0.717) is 31.6 Å². The summed E-state index contributed by atoms with van der Waals surface area (Å²) in [5, 5.41) is 9.58. The number of amides is 2. The molecule has 2 amide bonds. The molecule has 154 valence electrons. The number of likely N-dealkylation sites (tertiary alicyclic amines) is 1. The van der Waals surface area contributed by atoms with E-state index in [1.165, 1.54) is 0 Å². The summed E-state index contributed by atoms with van der Waals surface area (Å²) in [7, 11) is 0. The van der Waals surface area contributed by atoms with Crippen molar-refractivity contribution in [2.75, 3.05) is 26.2 Å². The Morgan fingerprint density at radius 1 is 1.21 bits per heavy atom. The molecule has 1 saturated heterocycles. The fourth-order valence-corrected chi connectivity index (χ4v) is 3.16. The summed E-state index contributed by atoms with van der Waals surface area (Å²) >= 11 is 0. The van der Waals surface area contributed by atoms with Gasteiger partial charge in [-0.15, -0.1) is 0 Å². The number of hydrogen-bond acceptors (Lipinski definition) is 3. The number of guanidine groups is 1. The number of nitrogens with zero attached hydrogens (tertiary/aromatic N) is 2. The molecule has 0 bridgehead atoms. The fourth-order valence-electron chi connectivity index (χ4n) is 3.16. The second-order valence-corrected chi connectivity index (χ2v) is 6.97. The lowest BCUT2D eigenvalue weighted by Gasteiger charge is -2.18. The molecule has 1 aromatic carbocycles. The van der Waals surface area contributed by atoms with Gasteiger partial charge in [-0.05, 0) is 37.5 Å². The zero-order valence-corrected chi connectivity index (χ0v) is 17.3. The van der Waals surface area contributed by atoms with Crippen molar-refractivity contribution in [3.8, 4) is 0 Å². The Morgan fingerprint density at radius 2 is 2.04 bits per heavy atom. The predicted octanol–water partition coefficient (Wildman–Crippen LogP) is 1.89. The van der Waals surface area contributed by atoms with Crippen molar-refractivity contribution in [3.05, 3.63) is 35.4 Å². The van der Waals surface area contributed by atoms with Gasteiger partial charge in [0.05, 0.1) is 6.54 Å². The molecule has 2 rings (SSSR count). The van der Waals surface area contributed by atoms with Crippen LogP contribution in [0.3, 0.4) is 0 Å². The lowest BCUT2D eigenvalue weighted by atomic mass is 10.1. The molecule has 0 aliphatic carbocycles. The van der Waals surface area contributed by atoms with Gasteiger partial charge in [0.2, 0.25) is 5.91 Å². The molecule has 1 heterocycles. The van der Waals surface area contributed by atoms with Crippen LogP contribution in [0.4, 0.5) is 0 Å². The number of hydrogen-bond donors (Lipinski definition) is 3. The van der Waals surface area contributed by atoms with Crippen molar-refractivity contribution in [3.63, 3.8) is 0 Å². The number of rotatable bonds is 8. The van der Waals surface area contributed by atoms with Gasteiger partial charge in [0.15, 0.2) is 5.96 Å². The Bertz CT molecular complexity index is 689. The van der Waals surface area contributed by atoms with Crippen molar-refractivity contribution in [1.29, 1.82) is 0 Å². The molecule has 7 nitrogen and oxygen atoms in total. The van der Waals surface area contributed by atoms with Crippen molar-refractivity contribution in [2.24, 2.45) is 4.99 Å². The maximum atomic E-state index is 12.1. The summed E-state index contributed by atoms with van der Waals surface area (Å²) in [4.78, 5) is 30.5. The van der Waals surface area contributed by atoms with Crippen LogP contribution in [-0.4, -0.2) is 54.9 Å². The maximum absolute atomic E-state index is 12.1. The van der Waals surface area contributed by atoms with Gasteiger partial charge in [0.1, 0.15) is 0 Å². The van der Waals surface area contributed by atoms with Crippen LogP contribution in [0.25, 0.3) is 0 Å². The molecule has 1 aliphatic rings. The highest BCUT2D eigenvalue weighted by atomic mass is 16.2. The number of carbonyl (C=O) groups is 2. The third-order valence-corrected chi connectivity index (χ3v) is 4.67. The van der Waals surface area contributed by atoms with Crippen LogP contribution in [0, 0.1) is 0 Å². The highest BCUT2D eigenvalue weighted by Gasteiger charge is 2.25. The fraction of sp³-hybridized carbons (Fsp3) is 0.571. The van der Waals surface area contributed by atoms with E-state index in [1.54, 1.807) is 0 Å². The zero-order valence-electron chi connectivity index (χ0n) is 17.3. The van der Waals surface area contributed by atoms with Gasteiger partial charge in [0, 0.05) is 44.2 Å². The first-order valence-electron chi connectivity index (χ1n) is 10.3. The zero-order chi connectivity index (χ0) is 20.4. The van der Waals surface area contributed by atoms with Crippen LogP contribution in [-0.2, 0) is 11.3 Å². The Morgan fingerprint density at radius 3 is 2.75 bits per heavy atom. The van der Waals surface area contributed by atoms with Crippen molar-refractivity contribution >= 4 is 17.8 Å². The number of benzene rings is 1. The summed E-state index contributed by atoms with van der Waals surface area (Å²) in [6.45, 7) is 9.37. The molecule has 1 unspecified atom stereocenters. The molecule has 1 aliphatic heterocycles. The molecule has 0 saturated carbocycles. The van der Waals surface area contributed by atoms with Gasteiger partial charge in [-0.25, -0.2) is 4.99 Å². The van der Waals surface area contributed by atoms with E-state index in [-0.39, 0.29) is 17.9 Å². The van der Waals surface area contributed by atoms with Crippen molar-refractivity contribution in [1.82, 2.24) is 20.9 Å². The average molecular weight is 388 g/mol. The van der Waals surface area contributed by atoms with Crippen LogP contribution in [0.15, 0.2) is 29.3 Å². The van der Waals surface area contributed by atoms with Crippen LogP contribution in [0.5, 0.6) is 0 Å². The minimum atomic E-state index is -0.0515. The molecule has 1 atom stereocenters. The Balaban J connectivity index is 1.97. The Labute approximate surface area is 168 Å². The Kier molecular flexibility index (Phi) is 8.78. The minimum absolute atomic E-state index is 0.0515. The Hall–Kier alpha value is -2.57. The first-order chi connectivity index (χ1) is 13.6. The van der Waals surface area contributed by atoms with Crippen molar-refractivity contribution in [2.45, 2.75) is 52.6 Å². The summed E-state index contributed by atoms with van der Waals surface area (Å²) in [5.41, 5.74) is 1.64. The van der Waals surface area contributed by atoms with E-state index in [1.807, 2.05) is 49.9 Å². The predicted molar refractivity (Wildman–Crippen MR) is 112 cm³/mol. The molecule has 7 heteroatoms. The standard InChI is InChI=1S/C21H33N5O2/c1-4-11-23-20(28)17-9-7-8-16(13-17)14-24-21(22-6-3)25-18-10-12-26(15-18)19(27)5-2/h7-9,13,18H,4-6,10-12,14-15H2,1-3H3,(H,23,28)(H2,22,24,25). The van der Waals surface area contributed by atoms with Gasteiger partial charge >= 0.3 is 0 Å². The molecule has 1 aromatic rings. The van der Waals surface area contributed by atoms with E-state index in [0.717, 1.165) is 37.5 Å². The second-order valence-electron chi connectivity index (χ2n) is 6.97. The summed E-state index contributed by atoms with van der Waals surface area (Å²) < 4.78 is 0. The molecular formula is C21H33N5O2. The third-order valence-electron chi connectivity index (χ3n) is 4.67. The van der Waals surface area contributed by atoms with Gasteiger partial charge < -0.3 is 20.9 Å². The summed E-state index contributed by atoms with van der Waals surface area (Å²) in [6, 6.07) is 7.77. The minimum Gasteiger partial charge on any atom is -0.357 e. The first kappa shape index (κ1) is 21.7. The van der Waals surface area contributed by atoms with Gasteiger partial charge in [-0.3, -0.25) is 9.59 Å². The number of carbonyl (C=O) groups excluding carboxylic acids is 2. The van der Waals surface area contributed by atoms with Crippen LogP contribution < -0.4 is 16.0 Å². The van der Waals surface area contributed by atoms with E-state index < -0.39 is 0 Å². The average Bonchev–Trinajstić information content (AvgIpc) is 3.18. The van der Waals surface area contributed by atoms with Gasteiger partial charge in [-0.1, -0.05) is 26.0 Å². The number of aliphatic imine (C=N–C) groups is 1. The topological polar surface area (TPSA) is 85.8 Å². The quantitative estimate of drug-likeness (QED) is 0.470. The smallest absolute Gasteiger partial charge is 0.251 e. The highest BCUT2D eigenvalue weighted by molar-refractivity contribution is 5.94. The molecule has 1 fully saturated rings. The normalized spacial score (nSPS) is 16.8. The number of nitrogens with one attached hydrogen (secondary N) is 3. The summed E-state index contributed by atoms with van der Waals surface area (Å²) in [5.74, 6) is 0.882.